The summed E-state index contributed by atoms with van der Waals surface area (Å²) in [5.74, 6) is -1.38. The average molecular weight is 347 g/mol. The SMILES string of the molecule is CCc1ccccc1NC(=O)C(=O)Nc1cccc(Br)c1. The summed E-state index contributed by atoms with van der Waals surface area (Å²) in [7, 11) is 0. The van der Waals surface area contributed by atoms with E-state index in [9.17, 15) is 9.59 Å². The molecule has 2 rings (SSSR count). The van der Waals surface area contributed by atoms with Crippen molar-refractivity contribution in [1.29, 1.82) is 0 Å². The Morgan fingerprint density at radius 3 is 2.43 bits per heavy atom. The normalized spacial score (nSPS) is 10.0. The monoisotopic (exact) mass is 346 g/mol. The fourth-order valence-electron chi connectivity index (χ4n) is 1.88. The van der Waals surface area contributed by atoms with Crippen molar-refractivity contribution < 1.29 is 9.59 Å². The molecule has 0 aliphatic heterocycles. The van der Waals surface area contributed by atoms with Crippen LogP contribution >= 0.6 is 15.9 Å². The summed E-state index contributed by atoms with van der Waals surface area (Å²) in [5, 5.41) is 5.19. The summed E-state index contributed by atoms with van der Waals surface area (Å²) in [6.07, 6.45) is 0.781. The van der Waals surface area contributed by atoms with E-state index in [1.54, 1.807) is 24.3 Å². The molecule has 2 aromatic rings. The zero-order chi connectivity index (χ0) is 15.2. The number of hydrogen-bond donors (Lipinski definition) is 2. The molecule has 0 heterocycles. The third kappa shape index (κ3) is 4.16. The minimum atomic E-state index is -0.695. The molecule has 5 heteroatoms. The van der Waals surface area contributed by atoms with E-state index in [-0.39, 0.29) is 0 Å². The second kappa shape index (κ2) is 7.04. The van der Waals surface area contributed by atoms with Crippen LogP contribution in [0, 0.1) is 0 Å². The molecule has 108 valence electrons. The molecule has 0 spiro atoms. The first kappa shape index (κ1) is 15.3. The maximum Gasteiger partial charge on any atom is 0.314 e. The molecule has 0 aliphatic carbocycles. The Labute approximate surface area is 131 Å². The van der Waals surface area contributed by atoms with Crippen LogP contribution in [-0.2, 0) is 16.0 Å². The Bertz CT molecular complexity index is 671. The lowest BCUT2D eigenvalue weighted by atomic mass is 10.1. The van der Waals surface area contributed by atoms with Gasteiger partial charge < -0.3 is 10.6 Å². The number of anilines is 2. The van der Waals surface area contributed by atoms with Gasteiger partial charge in [-0.05, 0) is 36.2 Å². The quantitative estimate of drug-likeness (QED) is 0.834. The number of hydrogen-bond acceptors (Lipinski definition) is 2. The molecule has 0 fully saturated rings. The first-order chi connectivity index (χ1) is 10.1. The molecule has 0 saturated heterocycles. The predicted molar refractivity (Wildman–Crippen MR) is 87.2 cm³/mol. The Kier molecular flexibility index (Phi) is 5.11. The number of carbonyl (C=O) groups is 2. The third-order valence-corrected chi connectivity index (χ3v) is 3.43. The molecule has 0 aliphatic rings. The fourth-order valence-corrected chi connectivity index (χ4v) is 2.28. The molecule has 4 nitrogen and oxygen atoms in total. The number of rotatable bonds is 3. The van der Waals surface area contributed by atoms with Crippen molar-refractivity contribution >= 4 is 39.1 Å². The number of aryl methyl sites for hydroxylation is 1. The fraction of sp³-hybridized carbons (Fsp3) is 0.125. The van der Waals surface area contributed by atoms with Crippen LogP contribution in [0.15, 0.2) is 53.0 Å². The van der Waals surface area contributed by atoms with E-state index in [1.165, 1.54) is 0 Å². The second-order valence-corrected chi connectivity index (χ2v) is 5.34. The van der Waals surface area contributed by atoms with Crippen molar-refractivity contribution in [2.45, 2.75) is 13.3 Å². The van der Waals surface area contributed by atoms with Crippen LogP contribution in [0.3, 0.4) is 0 Å². The molecular formula is C16H15BrN2O2. The maximum absolute atomic E-state index is 11.9. The van der Waals surface area contributed by atoms with E-state index in [0.717, 1.165) is 16.5 Å². The Morgan fingerprint density at radius 1 is 1.00 bits per heavy atom. The smallest absolute Gasteiger partial charge is 0.314 e. The number of para-hydroxylation sites is 1. The summed E-state index contributed by atoms with van der Waals surface area (Å²) >= 11 is 3.31. The molecule has 0 bridgehead atoms. The van der Waals surface area contributed by atoms with Gasteiger partial charge in [0, 0.05) is 15.8 Å². The van der Waals surface area contributed by atoms with Crippen molar-refractivity contribution in [3.63, 3.8) is 0 Å². The van der Waals surface area contributed by atoms with E-state index in [2.05, 4.69) is 26.6 Å². The summed E-state index contributed by atoms with van der Waals surface area (Å²) in [6.45, 7) is 1.99. The summed E-state index contributed by atoms with van der Waals surface area (Å²) in [6, 6.07) is 14.5. The minimum Gasteiger partial charge on any atom is -0.318 e. The lowest BCUT2D eigenvalue weighted by Gasteiger charge is -2.10. The van der Waals surface area contributed by atoms with Gasteiger partial charge in [0.15, 0.2) is 0 Å². The third-order valence-electron chi connectivity index (χ3n) is 2.94. The Morgan fingerprint density at radius 2 is 1.71 bits per heavy atom. The molecule has 2 N–H and O–H groups in total. The van der Waals surface area contributed by atoms with E-state index in [4.69, 9.17) is 0 Å². The van der Waals surface area contributed by atoms with Crippen LogP contribution < -0.4 is 10.6 Å². The highest BCUT2D eigenvalue weighted by molar-refractivity contribution is 9.10. The number of halogens is 1. The molecule has 0 atom stereocenters. The van der Waals surface area contributed by atoms with Crippen molar-refractivity contribution in [2.24, 2.45) is 0 Å². The van der Waals surface area contributed by atoms with Crippen molar-refractivity contribution in [2.75, 3.05) is 10.6 Å². The zero-order valence-corrected chi connectivity index (χ0v) is 13.1. The van der Waals surface area contributed by atoms with Crippen LogP contribution in [-0.4, -0.2) is 11.8 Å². The molecule has 0 radical (unpaired) electrons. The van der Waals surface area contributed by atoms with Crippen LogP contribution in [0.2, 0.25) is 0 Å². The van der Waals surface area contributed by atoms with E-state index < -0.39 is 11.8 Å². The molecule has 0 unspecified atom stereocenters. The first-order valence-corrected chi connectivity index (χ1v) is 7.35. The summed E-state index contributed by atoms with van der Waals surface area (Å²) in [4.78, 5) is 23.8. The van der Waals surface area contributed by atoms with Gasteiger partial charge in [-0.3, -0.25) is 9.59 Å². The van der Waals surface area contributed by atoms with Crippen molar-refractivity contribution in [3.05, 3.63) is 58.6 Å². The highest BCUT2D eigenvalue weighted by atomic mass is 79.9. The number of carbonyl (C=O) groups excluding carboxylic acids is 2. The zero-order valence-electron chi connectivity index (χ0n) is 11.5. The van der Waals surface area contributed by atoms with E-state index in [0.29, 0.717) is 11.4 Å². The van der Waals surface area contributed by atoms with Crippen LogP contribution in [0.1, 0.15) is 12.5 Å². The van der Waals surface area contributed by atoms with Gasteiger partial charge in [-0.15, -0.1) is 0 Å². The van der Waals surface area contributed by atoms with Gasteiger partial charge in [0.2, 0.25) is 0 Å². The Hall–Kier alpha value is -2.14. The lowest BCUT2D eigenvalue weighted by Crippen LogP contribution is -2.29. The number of amides is 2. The Balaban J connectivity index is 2.04. The molecular weight excluding hydrogens is 332 g/mol. The van der Waals surface area contributed by atoms with Crippen molar-refractivity contribution in [3.8, 4) is 0 Å². The minimum absolute atomic E-state index is 0.563. The molecule has 0 aromatic heterocycles. The van der Waals surface area contributed by atoms with Gasteiger partial charge in [-0.25, -0.2) is 0 Å². The maximum atomic E-state index is 11.9. The highest BCUT2D eigenvalue weighted by Crippen LogP contribution is 2.17. The second-order valence-electron chi connectivity index (χ2n) is 4.43. The molecule has 2 aromatic carbocycles. The van der Waals surface area contributed by atoms with Gasteiger partial charge in [0.05, 0.1) is 0 Å². The lowest BCUT2D eigenvalue weighted by molar-refractivity contribution is -0.133. The molecule has 21 heavy (non-hydrogen) atoms. The highest BCUT2D eigenvalue weighted by Gasteiger charge is 2.15. The topological polar surface area (TPSA) is 58.2 Å². The average Bonchev–Trinajstić information content (AvgIpc) is 2.47. The summed E-state index contributed by atoms with van der Waals surface area (Å²) in [5.41, 5.74) is 2.21. The standard InChI is InChI=1S/C16H15BrN2O2/c1-2-11-6-3-4-9-14(11)19-16(21)15(20)18-13-8-5-7-12(17)10-13/h3-10H,2H2,1H3,(H,18,20)(H,19,21). The number of nitrogens with one attached hydrogen (secondary N) is 2. The van der Waals surface area contributed by atoms with Gasteiger partial charge in [0.1, 0.15) is 0 Å². The van der Waals surface area contributed by atoms with E-state index >= 15 is 0 Å². The van der Waals surface area contributed by atoms with Crippen LogP contribution in [0.5, 0.6) is 0 Å². The molecule has 2 amide bonds. The molecule has 0 saturated carbocycles. The van der Waals surface area contributed by atoms with Gasteiger partial charge in [-0.1, -0.05) is 47.1 Å². The largest absolute Gasteiger partial charge is 0.318 e. The summed E-state index contributed by atoms with van der Waals surface area (Å²) < 4.78 is 0.831. The van der Waals surface area contributed by atoms with Gasteiger partial charge >= 0.3 is 11.8 Å². The van der Waals surface area contributed by atoms with Gasteiger partial charge in [-0.2, -0.15) is 0 Å². The van der Waals surface area contributed by atoms with E-state index in [1.807, 2.05) is 31.2 Å². The van der Waals surface area contributed by atoms with Crippen LogP contribution in [0.25, 0.3) is 0 Å². The van der Waals surface area contributed by atoms with Crippen LogP contribution in [0.4, 0.5) is 11.4 Å². The first-order valence-electron chi connectivity index (χ1n) is 6.56. The van der Waals surface area contributed by atoms with Crippen molar-refractivity contribution in [1.82, 2.24) is 0 Å². The number of benzene rings is 2. The van der Waals surface area contributed by atoms with Gasteiger partial charge in [0.25, 0.3) is 0 Å². The predicted octanol–water partition coefficient (Wildman–Crippen LogP) is 3.59.